The normalized spacial score (nSPS) is 21.3. The first-order valence-corrected chi connectivity index (χ1v) is 9.37. The maximum absolute atomic E-state index is 12.3. The van der Waals surface area contributed by atoms with Gasteiger partial charge in [-0.05, 0) is 44.5 Å². The molecule has 2 heterocycles. The second kappa shape index (κ2) is 7.08. The molecule has 24 heavy (non-hydrogen) atoms. The molecule has 1 aromatic carbocycles. The van der Waals surface area contributed by atoms with Crippen molar-refractivity contribution in [3.05, 3.63) is 46.2 Å². The molecule has 4 heteroatoms. The van der Waals surface area contributed by atoms with Crippen LogP contribution in [-0.2, 0) is 6.54 Å². The molecule has 2 fully saturated rings. The number of rotatable bonds is 3. The lowest BCUT2D eigenvalue weighted by molar-refractivity contribution is 0.198. The van der Waals surface area contributed by atoms with Gasteiger partial charge in [0.05, 0.1) is 0 Å². The number of para-hydroxylation sites is 1. The average molecular weight is 325 g/mol. The second-order valence-electron chi connectivity index (χ2n) is 7.31. The Labute approximate surface area is 143 Å². The fourth-order valence-electron chi connectivity index (χ4n) is 4.36. The average Bonchev–Trinajstić information content (AvgIpc) is 3.03. The van der Waals surface area contributed by atoms with Crippen molar-refractivity contribution in [2.75, 3.05) is 26.2 Å². The molecule has 0 atom stereocenters. The molecular formula is C20H27N3O. The minimum atomic E-state index is 0.127. The fraction of sp³-hybridized carbons (Fsp3) is 0.550. The third-order valence-electron chi connectivity index (χ3n) is 5.65. The summed E-state index contributed by atoms with van der Waals surface area (Å²) in [5, 5.41) is 0.782. The number of fused-ring (bicyclic) bond motifs is 1. The Morgan fingerprint density at radius 2 is 1.83 bits per heavy atom. The predicted octanol–water partition coefficient (Wildman–Crippen LogP) is 2.98. The number of pyridine rings is 1. The van der Waals surface area contributed by atoms with E-state index in [4.69, 9.17) is 0 Å². The second-order valence-corrected chi connectivity index (χ2v) is 7.31. The Bertz CT molecular complexity index is 748. The molecule has 0 unspecified atom stereocenters. The highest BCUT2D eigenvalue weighted by atomic mass is 16.1. The van der Waals surface area contributed by atoms with Crippen LogP contribution in [0.15, 0.2) is 35.1 Å². The smallest absolute Gasteiger partial charge is 0.189 e. The van der Waals surface area contributed by atoms with Gasteiger partial charge >= 0.3 is 0 Å². The molecule has 4 rings (SSSR count). The summed E-state index contributed by atoms with van der Waals surface area (Å²) in [5.41, 5.74) is 2.11. The molecule has 4 nitrogen and oxygen atoms in total. The van der Waals surface area contributed by atoms with E-state index >= 15 is 0 Å². The molecule has 1 saturated heterocycles. The number of hydrogen-bond donors (Lipinski definition) is 1. The van der Waals surface area contributed by atoms with Crippen LogP contribution in [0.3, 0.4) is 0 Å². The molecule has 1 aromatic heterocycles. The zero-order chi connectivity index (χ0) is 16.4. The molecule has 0 amide bonds. The first-order valence-electron chi connectivity index (χ1n) is 9.37. The third kappa shape index (κ3) is 3.40. The highest BCUT2D eigenvalue weighted by molar-refractivity contribution is 5.78. The number of aromatic nitrogens is 1. The number of nitrogens with zero attached hydrogens (tertiary/aromatic N) is 2. The van der Waals surface area contributed by atoms with Crippen LogP contribution in [0.5, 0.6) is 0 Å². The summed E-state index contributed by atoms with van der Waals surface area (Å²) < 4.78 is 0. The first kappa shape index (κ1) is 15.9. The van der Waals surface area contributed by atoms with E-state index < -0.39 is 0 Å². The monoisotopic (exact) mass is 325 g/mol. The molecule has 1 saturated carbocycles. The summed E-state index contributed by atoms with van der Waals surface area (Å²) in [6.07, 6.45) is 6.82. The van der Waals surface area contributed by atoms with Crippen LogP contribution in [0.1, 0.15) is 37.8 Å². The van der Waals surface area contributed by atoms with Crippen molar-refractivity contribution in [1.82, 2.24) is 14.8 Å². The SMILES string of the molecule is O=c1cc(CN2CCCN(C3CCCC3)CC2)[nH]c2ccccc12. The van der Waals surface area contributed by atoms with E-state index in [0.717, 1.165) is 42.3 Å². The summed E-state index contributed by atoms with van der Waals surface area (Å²) in [5.74, 6) is 0. The van der Waals surface area contributed by atoms with E-state index in [0.29, 0.717) is 0 Å². The van der Waals surface area contributed by atoms with Gasteiger partial charge in [-0.2, -0.15) is 0 Å². The van der Waals surface area contributed by atoms with Crippen LogP contribution < -0.4 is 5.43 Å². The van der Waals surface area contributed by atoms with Crippen LogP contribution in [0.2, 0.25) is 0 Å². The Morgan fingerprint density at radius 3 is 2.71 bits per heavy atom. The van der Waals surface area contributed by atoms with Crippen LogP contribution in [-0.4, -0.2) is 47.0 Å². The molecule has 2 aromatic rings. The Hall–Kier alpha value is -1.65. The van der Waals surface area contributed by atoms with Crippen molar-refractivity contribution in [2.24, 2.45) is 0 Å². The Kier molecular flexibility index (Phi) is 4.67. The molecular weight excluding hydrogens is 298 g/mol. The number of aromatic amines is 1. The van der Waals surface area contributed by atoms with Gasteiger partial charge in [0.2, 0.25) is 0 Å². The van der Waals surface area contributed by atoms with Crippen LogP contribution in [0, 0.1) is 0 Å². The lowest BCUT2D eigenvalue weighted by Gasteiger charge is -2.27. The van der Waals surface area contributed by atoms with Crippen molar-refractivity contribution in [3.8, 4) is 0 Å². The van der Waals surface area contributed by atoms with E-state index in [2.05, 4.69) is 14.8 Å². The van der Waals surface area contributed by atoms with Gasteiger partial charge in [0.1, 0.15) is 0 Å². The largest absolute Gasteiger partial charge is 0.357 e. The predicted molar refractivity (Wildman–Crippen MR) is 98.3 cm³/mol. The van der Waals surface area contributed by atoms with Gasteiger partial charge in [0.25, 0.3) is 0 Å². The van der Waals surface area contributed by atoms with Gasteiger partial charge in [0.15, 0.2) is 5.43 Å². The van der Waals surface area contributed by atoms with Crippen molar-refractivity contribution in [3.63, 3.8) is 0 Å². The summed E-state index contributed by atoms with van der Waals surface area (Å²) in [7, 11) is 0. The Morgan fingerprint density at radius 1 is 1.00 bits per heavy atom. The van der Waals surface area contributed by atoms with Gasteiger partial charge < -0.3 is 4.98 Å². The van der Waals surface area contributed by atoms with E-state index in [1.165, 1.54) is 45.2 Å². The molecule has 1 N–H and O–H groups in total. The number of H-pyrrole nitrogens is 1. The topological polar surface area (TPSA) is 39.3 Å². The molecule has 0 bridgehead atoms. The maximum atomic E-state index is 12.3. The van der Waals surface area contributed by atoms with Crippen molar-refractivity contribution < 1.29 is 0 Å². The molecule has 0 radical (unpaired) electrons. The summed E-state index contributed by atoms with van der Waals surface area (Å²) in [6.45, 7) is 5.47. The van der Waals surface area contributed by atoms with E-state index in [9.17, 15) is 4.79 Å². The third-order valence-corrected chi connectivity index (χ3v) is 5.65. The molecule has 0 spiro atoms. The van der Waals surface area contributed by atoms with Gasteiger partial charge in [-0.1, -0.05) is 25.0 Å². The minimum Gasteiger partial charge on any atom is -0.357 e. The standard InChI is InChI=1S/C20H27N3O/c24-20-14-16(21-19-9-4-3-8-18(19)20)15-22-10-5-11-23(13-12-22)17-6-1-2-7-17/h3-4,8-9,14,17H,1-2,5-7,10-13,15H2,(H,21,24). The highest BCUT2D eigenvalue weighted by Crippen LogP contribution is 2.24. The zero-order valence-electron chi connectivity index (χ0n) is 14.3. The van der Waals surface area contributed by atoms with Crippen molar-refractivity contribution in [1.29, 1.82) is 0 Å². The van der Waals surface area contributed by atoms with Crippen LogP contribution in [0.4, 0.5) is 0 Å². The summed E-state index contributed by atoms with van der Waals surface area (Å²) in [4.78, 5) is 20.9. The highest BCUT2D eigenvalue weighted by Gasteiger charge is 2.24. The van der Waals surface area contributed by atoms with E-state index in [1.54, 1.807) is 6.07 Å². The maximum Gasteiger partial charge on any atom is 0.189 e. The van der Waals surface area contributed by atoms with Gasteiger partial charge in [-0.3, -0.25) is 14.6 Å². The number of benzene rings is 1. The van der Waals surface area contributed by atoms with Crippen LogP contribution in [0.25, 0.3) is 10.9 Å². The van der Waals surface area contributed by atoms with Crippen molar-refractivity contribution >= 4 is 10.9 Å². The molecule has 1 aliphatic heterocycles. The van der Waals surface area contributed by atoms with Gasteiger partial charge in [-0.25, -0.2) is 0 Å². The molecule has 2 aliphatic rings. The lowest BCUT2D eigenvalue weighted by Crippen LogP contribution is -2.36. The van der Waals surface area contributed by atoms with Crippen LogP contribution >= 0.6 is 0 Å². The number of hydrogen-bond acceptors (Lipinski definition) is 3. The summed E-state index contributed by atoms with van der Waals surface area (Å²) >= 11 is 0. The van der Waals surface area contributed by atoms with E-state index in [1.807, 2.05) is 24.3 Å². The first-order chi connectivity index (χ1) is 11.8. The summed E-state index contributed by atoms with van der Waals surface area (Å²) in [6, 6.07) is 10.4. The lowest BCUT2D eigenvalue weighted by atomic mass is 10.2. The van der Waals surface area contributed by atoms with Gasteiger partial charge in [0, 0.05) is 48.3 Å². The number of nitrogens with one attached hydrogen (secondary N) is 1. The fourth-order valence-corrected chi connectivity index (χ4v) is 4.36. The quantitative estimate of drug-likeness (QED) is 0.943. The Balaban J connectivity index is 1.44. The van der Waals surface area contributed by atoms with Gasteiger partial charge in [-0.15, -0.1) is 0 Å². The minimum absolute atomic E-state index is 0.127. The molecule has 1 aliphatic carbocycles. The zero-order valence-corrected chi connectivity index (χ0v) is 14.3. The van der Waals surface area contributed by atoms with Crippen molar-refractivity contribution in [2.45, 2.75) is 44.7 Å². The molecule has 128 valence electrons. The van der Waals surface area contributed by atoms with E-state index in [-0.39, 0.29) is 5.43 Å².